The smallest absolute Gasteiger partial charge is 0.126 e. The summed E-state index contributed by atoms with van der Waals surface area (Å²) in [6.07, 6.45) is 1.07. The van der Waals surface area contributed by atoms with E-state index in [-0.39, 0.29) is 0 Å². The lowest BCUT2D eigenvalue weighted by atomic mass is 10.2. The Hall–Kier alpha value is -1.91. The largest absolute Gasteiger partial charge is 0.370 e. The average Bonchev–Trinajstić information content (AvgIpc) is 2.96. The zero-order valence-corrected chi connectivity index (χ0v) is 13.5. The molecular formula is C18H20N3S. The summed E-state index contributed by atoms with van der Waals surface area (Å²) in [5.74, 6) is 0.932. The number of aromatic nitrogens is 1. The molecule has 0 saturated carbocycles. The van der Waals surface area contributed by atoms with Crippen LogP contribution in [0.15, 0.2) is 41.8 Å². The van der Waals surface area contributed by atoms with Crippen molar-refractivity contribution in [2.24, 2.45) is 0 Å². The number of pyridine rings is 1. The SMILES string of the molecule is Cc1ccsc1CNCCCNc1ccc2[c]cccc2n1. The molecule has 113 valence electrons. The molecule has 0 atom stereocenters. The number of rotatable bonds is 7. The lowest BCUT2D eigenvalue weighted by Gasteiger charge is -2.07. The van der Waals surface area contributed by atoms with Crippen molar-refractivity contribution in [3.05, 3.63) is 58.3 Å². The van der Waals surface area contributed by atoms with Gasteiger partial charge in [0.25, 0.3) is 0 Å². The quantitative estimate of drug-likeness (QED) is 0.648. The summed E-state index contributed by atoms with van der Waals surface area (Å²) in [6, 6.07) is 15.3. The number of aryl methyl sites for hydroxylation is 1. The van der Waals surface area contributed by atoms with Crippen molar-refractivity contribution in [2.75, 3.05) is 18.4 Å². The first-order valence-corrected chi connectivity index (χ1v) is 8.46. The Balaban J connectivity index is 1.40. The highest BCUT2D eigenvalue weighted by Gasteiger charge is 1.99. The fourth-order valence-corrected chi connectivity index (χ4v) is 3.19. The Kier molecular flexibility index (Phi) is 5.03. The Labute approximate surface area is 135 Å². The van der Waals surface area contributed by atoms with E-state index in [9.17, 15) is 0 Å². The Bertz CT molecular complexity index is 736. The van der Waals surface area contributed by atoms with E-state index < -0.39 is 0 Å². The van der Waals surface area contributed by atoms with Gasteiger partial charge in [-0.3, -0.25) is 0 Å². The van der Waals surface area contributed by atoms with Gasteiger partial charge in [0.15, 0.2) is 0 Å². The molecule has 0 saturated heterocycles. The predicted octanol–water partition coefficient (Wildman–Crippen LogP) is 4.00. The van der Waals surface area contributed by atoms with Crippen molar-refractivity contribution < 1.29 is 0 Å². The van der Waals surface area contributed by atoms with Crippen molar-refractivity contribution in [1.82, 2.24) is 10.3 Å². The highest BCUT2D eigenvalue weighted by molar-refractivity contribution is 7.10. The summed E-state index contributed by atoms with van der Waals surface area (Å²) in [5.41, 5.74) is 2.37. The van der Waals surface area contributed by atoms with Crippen molar-refractivity contribution >= 4 is 28.1 Å². The zero-order chi connectivity index (χ0) is 15.2. The van der Waals surface area contributed by atoms with E-state index in [0.29, 0.717) is 0 Å². The van der Waals surface area contributed by atoms with Crippen LogP contribution in [-0.4, -0.2) is 18.1 Å². The van der Waals surface area contributed by atoms with E-state index >= 15 is 0 Å². The molecule has 1 aromatic carbocycles. The Morgan fingerprint density at radius 3 is 3.00 bits per heavy atom. The van der Waals surface area contributed by atoms with Crippen molar-refractivity contribution in [2.45, 2.75) is 19.9 Å². The van der Waals surface area contributed by atoms with Crippen LogP contribution in [0.2, 0.25) is 0 Å². The van der Waals surface area contributed by atoms with Gasteiger partial charge in [-0.15, -0.1) is 11.3 Å². The molecule has 0 amide bonds. The minimum atomic E-state index is 0.922. The number of fused-ring (bicyclic) bond motifs is 1. The summed E-state index contributed by atoms with van der Waals surface area (Å²) in [5, 5.41) is 10.1. The molecule has 0 fully saturated rings. The fourth-order valence-electron chi connectivity index (χ4n) is 2.32. The second-order valence-electron chi connectivity index (χ2n) is 5.28. The van der Waals surface area contributed by atoms with E-state index in [2.05, 4.69) is 46.1 Å². The van der Waals surface area contributed by atoms with Crippen molar-refractivity contribution in [1.29, 1.82) is 0 Å². The molecule has 0 spiro atoms. The van der Waals surface area contributed by atoms with Crippen LogP contribution in [0.3, 0.4) is 0 Å². The van der Waals surface area contributed by atoms with Gasteiger partial charge >= 0.3 is 0 Å². The van der Waals surface area contributed by atoms with E-state index in [0.717, 1.165) is 42.8 Å². The Morgan fingerprint density at radius 1 is 1.18 bits per heavy atom. The third-order valence-corrected chi connectivity index (χ3v) is 4.63. The highest BCUT2D eigenvalue weighted by atomic mass is 32.1. The molecule has 0 aliphatic carbocycles. The van der Waals surface area contributed by atoms with Crippen molar-refractivity contribution in [3.63, 3.8) is 0 Å². The van der Waals surface area contributed by atoms with Crippen LogP contribution in [0.5, 0.6) is 0 Å². The number of benzene rings is 1. The molecule has 4 heteroatoms. The normalized spacial score (nSPS) is 11.0. The number of hydrogen-bond acceptors (Lipinski definition) is 4. The molecule has 2 N–H and O–H groups in total. The van der Waals surface area contributed by atoms with Crippen LogP contribution in [0, 0.1) is 13.0 Å². The summed E-state index contributed by atoms with van der Waals surface area (Å²) in [6.45, 7) is 5.06. The first kappa shape index (κ1) is 15.0. The molecule has 2 heterocycles. The maximum Gasteiger partial charge on any atom is 0.126 e. The standard InChI is InChI=1S/C18H20N3S/c1-14-9-12-22-17(14)13-19-10-4-11-20-18-8-7-15-5-2-3-6-16(15)21-18/h2-3,6-9,12,19H,4,10-11,13H2,1H3,(H,20,21). The number of thiophene rings is 1. The second-order valence-corrected chi connectivity index (χ2v) is 6.28. The van der Waals surface area contributed by atoms with Gasteiger partial charge in [-0.25, -0.2) is 4.98 Å². The summed E-state index contributed by atoms with van der Waals surface area (Å²) >= 11 is 1.82. The van der Waals surface area contributed by atoms with E-state index in [4.69, 9.17) is 0 Å². The molecule has 0 unspecified atom stereocenters. The number of hydrogen-bond donors (Lipinski definition) is 2. The lowest BCUT2D eigenvalue weighted by molar-refractivity contribution is 0.667. The second kappa shape index (κ2) is 7.38. The summed E-state index contributed by atoms with van der Waals surface area (Å²) in [4.78, 5) is 6.02. The van der Waals surface area contributed by atoms with Gasteiger partial charge in [0.05, 0.1) is 5.52 Å². The van der Waals surface area contributed by atoms with Crippen molar-refractivity contribution in [3.8, 4) is 0 Å². The first-order chi connectivity index (χ1) is 10.8. The van der Waals surface area contributed by atoms with E-state index in [1.165, 1.54) is 10.4 Å². The first-order valence-electron chi connectivity index (χ1n) is 7.58. The van der Waals surface area contributed by atoms with Crippen LogP contribution >= 0.6 is 11.3 Å². The van der Waals surface area contributed by atoms with Crippen LogP contribution in [0.1, 0.15) is 16.9 Å². The monoisotopic (exact) mass is 310 g/mol. The number of anilines is 1. The topological polar surface area (TPSA) is 37.0 Å². The van der Waals surface area contributed by atoms with Gasteiger partial charge in [0.1, 0.15) is 5.82 Å². The third-order valence-electron chi connectivity index (χ3n) is 3.60. The molecule has 0 aliphatic heterocycles. The van der Waals surface area contributed by atoms with Gasteiger partial charge in [-0.1, -0.05) is 12.1 Å². The number of nitrogens with one attached hydrogen (secondary N) is 2. The van der Waals surface area contributed by atoms with E-state index in [1.807, 2.05) is 35.6 Å². The molecule has 2 aromatic heterocycles. The Morgan fingerprint density at radius 2 is 2.14 bits per heavy atom. The van der Waals surface area contributed by atoms with Crippen LogP contribution in [0.4, 0.5) is 5.82 Å². The number of nitrogens with zero attached hydrogens (tertiary/aromatic N) is 1. The maximum atomic E-state index is 4.58. The summed E-state index contributed by atoms with van der Waals surface area (Å²) in [7, 11) is 0. The minimum absolute atomic E-state index is 0.922. The molecule has 1 radical (unpaired) electrons. The van der Waals surface area contributed by atoms with E-state index in [1.54, 1.807) is 0 Å². The molecular weight excluding hydrogens is 290 g/mol. The van der Waals surface area contributed by atoms with Crippen LogP contribution in [0.25, 0.3) is 10.9 Å². The van der Waals surface area contributed by atoms with Gasteiger partial charge in [-0.05, 0) is 61.2 Å². The van der Waals surface area contributed by atoms with Gasteiger partial charge < -0.3 is 10.6 Å². The lowest BCUT2D eigenvalue weighted by Crippen LogP contribution is -2.17. The maximum absolute atomic E-state index is 4.58. The van der Waals surface area contributed by atoms with Gasteiger partial charge in [0.2, 0.25) is 0 Å². The van der Waals surface area contributed by atoms with Crippen LogP contribution < -0.4 is 10.6 Å². The zero-order valence-electron chi connectivity index (χ0n) is 12.7. The molecule has 22 heavy (non-hydrogen) atoms. The minimum Gasteiger partial charge on any atom is -0.370 e. The molecule has 3 rings (SSSR count). The van der Waals surface area contributed by atoms with Gasteiger partial charge in [-0.2, -0.15) is 0 Å². The van der Waals surface area contributed by atoms with Crippen LogP contribution in [-0.2, 0) is 6.54 Å². The predicted molar refractivity (Wildman–Crippen MR) is 94.4 cm³/mol. The molecule has 0 aliphatic rings. The molecule has 3 nitrogen and oxygen atoms in total. The average molecular weight is 310 g/mol. The molecule has 3 aromatic rings. The van der Waals surface area contributed by atoms with Gasteiger partial charge in [0, 0.05) is 23.4 Å². The fraction of sp³-hybridized carbons (Fsp3) is 0.278. The highest BCUT2D eigenvalue weighted by Crippen LogP contribution is 2.15. The summed E-state index contributed by atoms with van der Waals surface area (Å²) < 4.78 is 0. The third kappa shape index (κ3) is 3.84. The molecule has 0 bridgehead atoms.